The summed E-state index contributed by atoms with van der Waals surface area (Å²) in [5.41, 5.74) is 2.14. The fourth-order valence-corrected chi connectivity index (χ4v) is 2.87. The highest BCUT2D eigenvalue weighted by atomic mass is 15.3. The molecule has 0 bridgehead atoms. The molecule has 0 atom stereocenters. The summed E-state index contributed by atoms with van der Waals surface area (Å²) < 4.78 is 4.21. The minimum Gasteiger partial charge on any atom is -0.280 e. The number of nitrogens with zero attached hydrogens (tertiary/aromatic N) is 6. The van der Waals surface area contributed by atoms with Gasteiger partial charge in [-0.15, -0.1) is 20.4 Å². The monoisotopic (exact) mass is 266 g/mol. The Morgan fingerprint density at radius 3 is 1.70 bits per heavy atom. The second-order valence-corrected chi connectivity index (χ2v) is 5.09. The van der Waals surface area contributed by atoms with Crippen LogP contribution in [0.1, 0.15) is 36.1 Å². The van der Waals surface area contributed by atoms with E-state index in [1.807, 2.05) is 26.0 Å². The van der Waals surface area contributed by atoms with Crippen LogP contribution in [0.5, 0.6) is 0 Å². The van der Waals surface area contributed by atoms with Crippen LogP contribution in [0.15, 0.2) is 24.3 Å². The van der Waals surface area contributed by atoms with E-state index in [4.69, 9.17) is 0 Å². The van der Waals surface area contributed by atoms with Gasteiger partial charge in [-0.1, -0.05) is 12.1 Å². The Morgan fingerprint density at radius 1 is 0.800 bits per heavy atom. The van der Waals surface area contributed by atoms with E-state index in [9.17, 15) is 0 Å². The Labute approximate surface area is 116 Å². The lowest BCUT2D eigenvalue weighted by Crippen LogP contribution is -2.07. The Morgan fingerprint density at radius 2 is 1.25 bits per heavy atom. The molecular formula is C14H14N6. The molecular weight excluding hydrogens is 252 g/mol. The summed E-state index contributed by atoms with van der Waals surface area (Å²) in [7, 11) is 0. The second-order valence-electron chi connectivity index (χ2n) is 5.09. The first-order valence-corrected chi connectivity index (χ1v) is 6.62. The lowest BCUT2D eigenvalue weighted by Gasteiger charge is -2.11. The van der Waals surface area contributed by atoms with E-state index in [0.717, 1.165) is 34.7 Å². The lowest BCUT2D eigenvalue weighted by molar-refractivity contribution is 0.726. The van der Waals surface area contributed by atoms with Crippen LogP contribution < -0.4 is 0 Å². The average Bonchev–Trinajstić information content (AvgIpc) is 2.98. The highest BCUT2D eigenvalue weighted by Gasteiger charge is 2.29. The standard InChI is InChI=1S/C14H14N6/c1-8-13-17-15-9(2)19(13)11-6-4-5-7-12(11)20-10(3)16-18-14(8)20/h4-8H,1-3H3. The van der Waals surface area contributed by atoms with Crippen molar-refractivity contribution in [2.24, 2.45) is 0 Å². The van der Waals surface area contributed by atoms with E-state index in [1.54, 1.807) is 0 Å². The largest absolute Gasteiger partial charge is 0.280 e. The summed E-state index contributed by atoms with van der Waals surface area (Å²) in [6.07, 6.45) is 0. The lowest BCUT2D eigenvalue weighted by atomic mass is 10.1. The molecule has 0 saturated carbocycles. The highest BCUT2D eigenvalue weighted by molar-refractivity contribution is 5.56. The van der Waals surface area contributed by atoms with Crippen LogP contribution in [0.25, 0.3) is 11.4 Å². The number of aryl methyl sites for hydroxylation is 2. The number of benzene rings is 1. The zero-order valence-corrected chi connectivity index (χ0v) is 11.6. The van der Waals surface area contributed by atoms with Crippen molar-refractivity contribution in [1.82, 2.24) is 29.5 Å². The van der Waals surface area contributed by atoms with Crippen molar-refractivity contribution in [3.05, 3.63) is 47.6 Å². The molecule has 0 fully saturated rings. The minimum absolute atomic E-state index is 0.0461. The molecule has 1 aliphatic heterocycles. The van der Waals surface area contributed by atoms with Crippen LogP contribution in [-0.4, -0.2) is 29.5 Å². The Hall–Kier alpha value is -2.50. The maximum atomic E-state index is 4.34. The normalized spacial score (nSPS) is 13.6. The van der Waals surface area contributed by atoms with Gasteiger partial charge >= 0.3 is 0 Å². The zero-order valence-electron chi connectivity index (χ0n) is 11.6. The van der Waals surface area contributed by atoms with Gasteiger partial charge in [-0.3, -0.25) is 9.13 Å². The predicted molar refractivity (Wildman–Crippen MR) is 73.3 cm³/mol. The molecule has 0 N–H and O–H groups in total. The molecule has 0 aliphatic carbocycles. The fourth-order valence-electron chi connectivity index (χ4n) is 2.87. The van der Waals surface area contributed by atoms with Crippen LogP contribution >= 0.6 is 0 Å². The number of hydrogen-bond acceptors (Lipinski definition) is 4. The van der Waals surface area contributed by atoms with Crippen LogP contribution in [-0.2, 0) is 0 Å². The van der Waals surface area contributed by atoms with E-state index in [2.05, 4.69) is 48.6 Å². The summed E-state index contributed by atoms with van der Waals surface area (Å²) in [5.74, 6) is 3.62. The van der Waals surface area contributed by atoms with Crippen molar-refractivity contribution < 1.29 is 0 Å². The highest BCUT2D eigenvalue weighted by Crippen LogP contribution is 2.33. The van der Waals surface area contributed by atoms with Gasteiger partial charge in [0, 0.05) is 0 Å². The maximum Gasteiger partial charge on any atom is 0.148 e. The number of hydrogen-bond donors (Lipinski definition) is 0. The van der Waals surface area contributed by atoms with Gasteiger partial charge in [-0.2, -0.15) is 0 Å². The van der Waals surface area contributed by atoms with Crippen LogP contribution in [0.3, 0.4) is 0 Å². The van der Waals surface area contributed by atoms with Crippen molar-refractivity contribution in [3.63, 3.8) is 0 Å². The van der Waals surface area contributed by atoms with Gasteiger partial charge in [-0.25, -0.2) is 0 Å². The summed E-state index contributed by atoms with van der Waals surface area (Å²) >= 11 is 0. The molecule has 6 heteroatoms. The smallest absolute Gasteiger partial charge is 0.148 e. The molecule has 0 unspecified atom stereocenters. The molecule has 6 nitrogen and oxygen atoms in total. The average molecular weight is 266 g/mol. The van der Waals surface area contributed by atoms with Crippen molar-refractivity contribution in [3.8, 4) is 11.4 Å². The second kappa shape index (κ2) is 3.75. The van der Waals surface area contributed by atoms with E-state index < -0.39 is 0 Å². The summed E-state index contributed by atoms with van der Waals surface area (Å²) in [6.45, 7) is 6.03. The van der Waals surface area contributed by atoms with Crippen molar-refractivity contribution >= 4 is 0 Å². The van der Waals surface area contributed by atoms with Gasteiger partial charge in [-0.05, 0) is 32.9 Å². The molecule has 1 aliphatic rings. The molecule has 1 aromatic carbocycles. The number of rotatable bonds is 0. The molecule has 2 aromatic heterocycles. The van der Waals surface area contributed by atoms with Crippen molar-refractivity contribution in [2.45, 2.75) is 26.7 Å². The Bertz CT molecular complexity index is 746. The van der Waals surface area contributed by atoms with Crippen LogP contribution in [0, 0.1) is 13.8 Å². The first-order chi connectivity index (χ1) is 9.68. The zero-order chi connectivity index (χ0) is 13.9. The molecule has 4 rings (SSSR count). The van der Waals surface area contributed by atoms with Gasteiger partial charge in [0.2, 0.25) is 0 Å². The molecule has 20 heavy (non-hydrogen) atoms. The fraction of sp³-hybridized carbons (Fsp3) is 0.286. The van der Waals surface area contributed by atoms with Gasteiger partial charge < -0.3 is 0 Å². The minimum atomic E-state index is 0.0461. The van der Waals surface area contributed by atoms with Crippen molar-refractivity contribution in [2.75, 3.05) is 0 Å². The third-order valence-corrected chi connectivity index (χ3v) is 3.84. The van der Waals surface area contributed by atoms with Gasteiger partial charge in [0.25, 0.3) is 0 Å². The Kier molecular flexibility index (Phi) is 2.13. The molecule has 0 radical (unpaired) electrons. The quantitative estimate of drug-likeness (QED) is 0.623. The summed E-state index contributed by atoms with van der Waals surface area (Å²) in [4.78, 5) is 0. The topological polar surface area (TPSA) is 61.4 Å². The number of fused-ring (bicyclic) bond motifs is 5. The molecule has 0 saturated heterocycles. The van der Waals surface area contributed by atoms with E-state index in [-0.39, 0.29) is 5.92 Å². The third kappa shape index (κ3) is 1.28. The summed E-state index contributed by atoms with van der Waals surface area (Å²) in [5, 5.41) is 17.1. The Balaban J connectivity index is 2.19. The third-order valence-electron chi connectivity index (χ3n) is 3.84. The first kappa shape index (κ1) is 11.3. The van der Waals surface area contributed by atoms with Crippen LogP contribution in [0.4, 0.5) is 0 Å². The SMILES string of the molecule is Cc1nnc2n1-c1ccccc1-n1c(C)nnc1C2C. The molecule has 0 amide bonds. The predicted octanol–water partition coefficient (Wildman–Crippen LogP) is 1.93. The summed E-state index contributed by atoms with van der Waals surface area (Å²) in [6, 6.07) is 8.21. The molecule has 100 valence electrons. The van der Waals surface area contributed by atoms with E-state index >= 15 is 0 Å². The van der Waals surface area contributed by atoms with Gasteiger partial charge in [0.15, 0.2) is 0 Å². The van der Waals surface area contributed by atoms with E-state index in [0.29, 0.717) is 0 Å². The molecule has 3 aromatic rings. The molecule has 3 heterocycles. The van der Waals surface area contributed by atoms with Gasteiger partial charge in [0.05, 0.1) is 17.3 Å². The number of aromatic nitrogens is 6. The number of para-hydroxylation sites is 2. The van der Waals surface area contributed by atoms with Gasteiger partial charge in [0.1, 0.15) is 23.3 Å². The van der Waals surface area contributed by atoms with Crippen LogP contribution in [0.2, 0.25) is 0 Å². The van der Waals surface area contributed by atoms with Crippen molar-refractivity contribution in [1.29, 1.82) is 0 Å². The molecule has 0 spiro atoms. The first-order valence-electron chi connectivity index (χ1n) is 6.62. The maximum absolute atomic E-state index is 4.34. The van der Waals surface area contributed by atoms with E-state index in [1.165, 1.54) is 0 Å².